The summed E-state index contributed by atoms with van der Waals surface area (Å²) in [6, 6.07) is 2.65. The Morgan fingerprint density at radius 1 is 1.25 bits per heavy atom. The zero-order valence-electron chi connectivity index (χ0n) is 14.8. The molecule has 2 fully saturated rings. The lowest BCUT2D eigenvalue weighted by Gasteiger charge is -2.33. The van der Waals surface area contributed by atoms with E-state index in [1.54, 1.807) is 0 Å². The first-order chi connectivity index (χ1) is 11.7. The van der Waals surface area contributed by atoms with E-state index in [0.29, 0.717) is 18.1 Å². The monoisotopic (exact) mass is 333 g/mol. The smallest absolute Gasteiger partial charge is 0.222 e. The van der Waals surface area contributed by atoms with E-state index in [4.69, 9.17) is 10.5 Å². The zero-order valence-corrected chi connectivity index (χ0v) is 14.8. The van der Waals surface area contributed by atoms with Crippen molar-refractivity contribution in [3.05, 3.63) is 11.8 Å². The molecule has 1 unspecified atom stereocenters. The van der Waals surface area contributed by atoms with Crippen LogP contribution >= 0.6 is 0 Å². The Morgan fingerprint density at radius 2 is 2.08 bits per heavy atom. The van der Waals surface area contributed by atoms with Gasteiger partial charge in [0.25, 0.3) is 0 Å². The van der Waals surface area contributed by atoms with Gasteiger partial charge in [0.1, 0.15) is 5.82 Å². The summed E-state index contributed by atoms with van der Waals surface area (Å²) in [5, 5.41) is 3.72. The molecule has 3 rings (SSSR count). The van der Waals surface area contributed by atoms with Gasteiger partial charge in [-0.3, -0.25) is 0 Å². The van der Waals surface area contributed by atoms with E-state index in [1.165, 1.54) is 32.1 Å². The predicted octanol–water partition coefficient (Wildman–Crippen LogP) is 2.27. The summed E-state index contributed by atoms with van der Waals surface area (Å²) in [7, 11) is 0. The lowest BCUT2D eigenvalue weighted by molar-refractivity contribution is 0.102. The number of nitrogens with one attached hydrogen (secondary N) is 1. The van der Waals surface area contributed by atoms with Gasteiger partial charge in [0, 0.05) is 37.5 Å². The Labute approximate surface area is 145 Å². The molecule has 1 aromatic heterocycles. The topological polar surface area (TPSA) is 76.3 Å². The first-order valence-corrected chi connectivity index (χ1v) is 9.42. The highest BCUT2D eigenvalue weighted by atomic mass is 16.5. The summed E-state index contributed by atoms with van der Waals surface area (Å²) in [5.74, 6) is 1.34. The predicted molar refractivity (Wildman–Crippen MR) is 97.2 cm³/mol. The van der Waals surface area contributed by atoms with Crippen LogP contribution in [0.4, 0.5) is 11.8 Å². The normalized spacial score (nSPS) is 22.2. The quantitative estimate of drug-likeness (QED) is 0.746. The van der Waals surface area contributed by atoms with Gasteiger partial charge in [-0.1, -0.05) is 0 Å². The van der Waals surface area contributed by atoms with E-state index >= 15 is 0 Å². The van der Waals surface area contributed by atoms with Crippen LogP contribution in [-0.4, -0.2) is 48.4 Å². The van der Waals surface area contributed by atoms with Crippen molar-refractivity contribution < 1.29 is 4.74 Å². The van der Waals surface area contributed by atoms with Crippen LogP contribution in [0.1, 0.15) is 50.6 Å². The third kappa shape index (κ3) is 5.05. The van der Waals surface area contributed by atoms with E-state index in [1.807, 2.05) is 13.0 Å². The second-order valence-electron chi connectivity index (χ2n) is 7.07. The van der Waals surface area contributed by atoms with E-state index < -0.39 is 0 Å². The lowest BCUT2D eigenvalue weighted by atomic mass is 10.0. The van der Waals surface area contributed by atoms with Gasteiger partial charge < -0.3 is 20.7 Å². The number of nitrogens with two attached hydrogens (primary N) is 1. The van der Waals surface area contributed by atoms with Crippen LogP contribution < -0.4 is 16.0 Å². The number of nitrogen functional groups attached to an aromatic ring is 1. The molecule has 1 atom stereocenters. The fraction of sp³-hybridized carbons (Fsp3) is 0.778. The number of aromatic nitrogens is 2. The number of anilines is 2. The Kier molecular flexibility index (Phi) is 6.26. The molecule has 0 bridgehead atoms. The molecule has 2 aliphatic heterocycles. The molecule has 0 amide bonds. The largest absolute Gasteiger partial charge is 0.378 e. The van der Waals surface area contributed by atoms with Crippen molar-refractivity contribution >= 4 is 11.8 Å². The van der Waals surface area contributed by atoms with Gasteiger partial charge >= 0.3 is 0 Å². The van der Waals surface area contributed by atoms with E-state index in [-0.39, 0.29) is 0 Å². The van der Waals surface area contributed by atoms with Gasteiger partial charge in [-0.15, -0.1) is 0 Å². The van der Waals surface area contributed by atoms with E-state index in [0.717, 1.165) is 50.6 Å². The van der Waals surface area contributed by atoms with Crippen molar-refractivity contribution in [3.8, 4) is 0 Å². The first kappa shape index (κ1) is 17.4. The molecule has 0 saturated carbocycles. The summed E-state index contributed by atoms with van der Waals surface area (Å²) >= 11 is 0. The summed E-state index contributed by atoms with van der Waals surface area (Å²) in [5.41, 5.74) is 6.70. The minimum atomic E-state index is 0.372. The van der Waals surface area contributed by atoms with Crippen LogP contribution in [0.25, 0.3) is 0 Å². The maximum atomic E-state index is 5.76. The number of nitrogens with zero attached hydrogens (tertiary/aromatic N) is 3. The highest BCUT2D eigenvalue weighted by Gasteiger charge is 2.20. The molecule has 3 heterocycles. The summed E-state index contributed by atoms with van der Waals surface area (Å²) in [6.45, 7) is 6.12. The minimum absolute atomic E-state index is 0.372. The molecule has 3 N–H and O–H groups in total. The molecule has 134 valence electrons. The van der Waals surface area contributed by atoms with Crippen LogP contribution in [0.15, 0.2) is 6.07 Å². The van der Waals surface area contributed by atoms with Crippen molar-refractivity contribution in [2.75, 3.05) is 36.9 Å². The SMILES string of the molecule is Cc1cc(N2CCC(NCCCCC3CCCO3)CC2)nc(N)n1. The van der Waals surface area contributed by atoms with Crippen LogP contribution in [0.5, 0.6) is 0 Å². The molecule has 24 heavy (non-hydrogen) atoms. The second kappa shape index (κ2) is 8.62. The van der Waals surface area contributed by atoms with Gasteiger partial charge in [-0.25, -0.2) is 4.98 Å². The standard InChI is InChI=1S/C18H31N5O/c1-14-13-17(22-18(19)21-14)23-10-7-15(8-11-23)20-9-3-2-5-16-6-4-12-24-16/h13,15-16,20H,2-12H2,1H3,(H2,19,21,22). The highest BCUT2D eigenvalue weighted by Crippen LogP contribution is 2.20. The number of rotatable bonds is 7. The third-order valence-corrected chi connectivity index (χ3v) is 5.09. The average Bonchev–Trinajstić information content (AvgIpc) is 3.07. The van der Waals surface area contributed by atoms with Crippen LogP contribution in [0.2, 0.25) is 0 Å². The zero-order chi connectivity index (χ0) is 16.8. The number of ether oxygens (including phenoxy) is 1. The maximum absolute atomic E-state index is 5.76. The van der Waals surface area contributed by atoms with E-state index in [2.05, 4.69) is 20.2 Å². The van der Waals surface area contributed by atoms with Crippen LogP contribution in [-0.2, 0) is 4.74 Å². The number of hydrogen-bond acceptors (Lipinski definition) is 6. The third-order valence-electron chi connectivity index (χ3n) is 5.09. The Balaban J connectivity index is 1.31. The molecule has 2 aliphatic rings. The molecule has 6 heteroatoms. The molecule has 0 spiro atoms. The lowest BCUT2D eigenvalue weighted by Crippen LogP contribution is -2.43. The number of unbranched alkanes of at least 4 members (excludes halogenated alkanes) is 1. The number of hydrogen-bond donors (Lipinski definition) is 2. The van der Waals surface area contributed by atoms with Crippen molar-refractivity contribution in [1.82, 2.24) is 15.3 Å². The molecule has 2 saturated heterocycles. The van der Waals surface area contributed by atoms with Crippen molar-refractivity contribution in [2.45, 2.75) is 64.0 Å². The molecule has 0 radical (unpaired) electrons. The molecule has 0 aromatic carbocycles. The molecule has 1 aromatic rings. The summed E-state index contributed by atoms with van der Waals surface area (Å²) in [4.78, 5) is 10.8. The maximum Gasteiger partial charge on any atom is 0.222 e. The fourth-order valence-corrected chi connectivity index (χ4v) is 3.72. The number of aryl methyl sites for hydroxylation is 1. The van der Waals surface area contributed by atoms with Crippen molar-refractivity contribution in [3.63, 3.8) is 0 Å². The average molecular weight is 333 g/mol. The minimum Gasteiger partial charge on any atom is -0.378 e. The molecule has 6 nitrogen and oxygen atoms in total. The Hall–Kier alpha value is -1.40. The fourth-order valence-electron chi connectivity index (χ4n) is 3.72. The van der Waals surface area contributed by atoms with Crippen LogP contribution in [0, 0.1) is 6.92 Å². The molecular weight excluding hydrogens is 302 g/mol. The Bertz CT molecular complexity index is 490. The van der Waals surface area contributed by atoms with Crippen LogP contribution in [0.3, 0.4) is 0 Å². The van der Waals surface area contributed by atoms with Gasteiger partial charge in [-0.05, 0) is 58.4 Å². The van der Waals surface area contributed by atoms with Gasteiger partial charge in [0.15, 0.2) is 0 Å². The van der Waals surface area contributed by atoms with Crippen molar-refractivity contribution in [2.24, 2.45) is 0 Å². The summed E-state index contributed by atoms with van der Waals surface area (Å²) < 4.78 is 5.67. The first-order valence-electron chi connectivity index (χ1n) is 9.42. The van der Waals surface area contributed by atoms with E-state index in [9.17, 15) is 0 Å². The number of piperidine rings is 1. The Morgan fingerprint density at radius 3 is 2.79 bits per heavy atom. The second-order valence-corrected chi connectivity index (χ2v) is 7.07. The molecular formula is C18H31N5O. The molecule has 0 aliphatic carbocycles. The van der Waals surface area contributed by atoms with Gasteiger partial charge in [-0.2, -0.15) is 4.98 Å². The van der Waals surface area contributed by atoms with Gasteiger partial charge in [0.2, 0.25) is 5.95 Å². The summed E-state index contributed by atoms with van der Waals surface area (Å²) in [6.07, 6.45) is 9.13. The van der Waals surface area contributed by atoms with Crippen molar-refractivity contribution in [1.29, 1.82) is 0 Å². The van der Waals surface area contributed by atoms with Gasteiger partial charge in [0.05, 0.1) is 6.10 Å². The highest BCUT2D eigenvalue weighted by molar-refractivity contribution is 5.43.